The predicted octanol–water partition coefficient (Wildman–Crippen LogP) is 6.04. The van der Waals surface area contributed by atoms with Crippen LogP contribution in [0, 0.1) is 11.8 Å². The molecular formula is C28H28N4O2. The zero-order chi connectivity index (χ0) is 24.1. The van der Waals surface area contributed by atoms with Crippen molar-refractivity contribution in [2.24, 2.45) is 11.8 Å². The summed E-state index contributed by atoms with van der Waals surface area (Å²) in [5.74, 6) is 2.10. The van der Waals surface area contributed by atoms with Crippen LogP contribution in [-0.2, 0) is 4.79 Å². The molecule has 1 fully saturated rings. The number of ketones is 1. The van der Waals surface area contributed by atoms with Crippen molar-refractivity contribution in [1.82, 2.24) is 15.0 Å². The number of fused-ring (bicyclic) bond motifs is 2. The molecule has 1 aromatic carbocycles. The van der Waals surface area contributed by atoms with Crippen LogP contribution in [0.2, 0.25) is 0 Å². The van der Waals surface area contributed by atoms with Crippen LogP contribution in [0.3, 0.4) is 0 Å². The fraction of sp³-hybridized carbons (Fsp3) is 0.214. The minimum absolute atomic E-state index is 0.0897. The molecule has 2 heterocycles. The summed E-state index contributed by atoms with van der Waals surface area (Å²) in [4.78, 5) is 35.1. The highest BCUT2D eigenvalue weighted by molar-refractivity contribution is 6.00. The number of hydrogen-bond acceptors (Lipinski definition) is 4. The van der Waals surface area contributed by atoms with Crippen LogP contribution in [0.25, 0.3) is 22.4 Å². The monoisotopic (exact) mass is 452 g/mol. The smallest absolute Gasteiger partial charge is 0.212 e. The van der Waals surface area contributed by atoms with Gasteiger partial charge >= 0.3 is 0 Å². The number of H-pyrrole nitrogens is 1. The number of Topliss-reactive ketones (excluding diaryl/α,β-unsaturated/α-hetero) is 1. The standard InChI is InChI=1S/C20H16N4O2.C8H12/c25-10-22-18-8-16-17(9-21-18)24-20(23-16)13-3-1-12(2-4-13)19(26)15-7-11-5-14(15)6-11;1-4-5-6-7-8(2)3/h1-5,8-11,15H,6-7H2,(H,23,24)(H,21,22,25);4-7H,1H2,2-3H3/b;6-5-. The highest BCUT2D eigenvalue weighted by atomic mass is 16.1. The zero-order valence-electron chi connectivity index (χ0n) is 19.4. The number of nitrogens with one attached hydrogen (secondary N) is 2. The zero-order valence-corrected chi connectivity index (χ0v) is 19.4. The molecule has 34 heavy (non-hydrogen) atoms. The number of anilines is 1. The lowest BCUT2D eigenvalue weighted by molar-refractivity contribution is -0.105. The molecule has 2 atom stereocenters. The highest BCUT2D eigenvalue weighted by Crippen LogP contribution is 2.47. The number of carbonyl (C=O) groups is 2. The molecule has 2 unspecified atom stereocenters. The van der Waals surface area contributed by atoms with Crippen LogP contribution in [0.1, 0.15) is 37.0 Å². The minimum atomic E-state index is 0.0897. The van der Waals surface area contributed by atoms with E-state index >= 15 is 0 Å². The SMILES string of the molecule is C=C/C=C\C=C(C)C.O=CNc1cc2nc(-c3ccc(C(=O)C4CC5C=C4C5)cc3)[nH]c2cn1. The third kappa shape index (κ3) is 5.12. The Labute approximate surface area is 199 Å². The number of rotatable bonds is 7. The van der Waals surface area contributed by atoms with E-state index in [1.165, 1.54) is 11.1 Å². The number of benzene rings is 1. The third-order valence-corrected chi connectivity index (χ3v) is 5.94. The van der Waals surface area contributed by atoms with Crippen molar-refractivity contribution in [2.45, 2.75) is 26.7 Å². The Morgan fingerprint density at radius 1 is 1.21 bits per heavy atom. The van der Waals surface area contributed by atoms with Crippen LogP contribution in [0.15, 0.2) is 84.6 Å². The predicted molar refractivity (Wildman–Crippen MR) is 136 cm³/mol. The number of imidazole rings is 1. The second-order valence-corrected chi connectivity index (χ2v) is 8.73. The van der Waals surface area contributed by atoms with Crippen molar-refractivity contribution in [1.29, 1.82) is 0 Å². The van der Waals surface area contributed by atoms with E-state index in [1.54, 1.807) is 18.3 Å². The molecule has 2 aromatic heterocycles. The topological polar surface area (TPSA) is 87.7 Å². The van der Waals surface area contributed by atoms with Gasteiger partial charge in [-0.15, -0.1) is 0 Å². The van der Waals surface area contributed by atoms with Crippen molar-refractivity contribution in [2.75, 3.05) is 5.32 Å². The van der Waals surface area contributed by atoms with Gasteiger partial charge in [0.2, 0.25) is 6.41 Å². The fourth-order valence-corrected chi connectivity index (χ4v) is 4.22. The normalized spacial score (nSPS) is 17.9. The van der Waals surface area contributed by atoms with Crippen LogP contribution in [-0.4, -0.2) is 27.1 Å². The molecule has 0 saturated heterocycles. The number of allylic oxidation sites excluding steroid dienone is 7. The number of aromatic amines is 1. The summed E-state index contributed by atoms with van der Waals surface area (Å²) in [6.07, 6.45) is 14.2. The first-order valence-corrected chi connectivity index (χ1v) is 11.3. The molecule has 0 spiro atoms. The van der Waals surface area contributed by atoms with E-state index in [0.29, 0.717) is 24.0 Å². The Kier molecular flexibility index (Phi) is 6.97. The van der Waals surface area contributed by atoms with E-state index in [4.69, 9.17) is 0 Å². The van der Waals surface area contributed by atoms with Crippen molar-refractivity contribution >= 4 is 29.0 Å². The number of pyridine rings is 1. The third-order valence-electron chi connectivity index (χ3n) is 5.94. The molecule has 6 heteroatoms. The van der Waals surface area contributed by atoms with Gasteiger partial charge in [-0.2, -0.15) is 0 Å². The summed E-state index contributed by atoms with van der Waals surface area (Å²) < 4.78 is 0. The lowest BCUT2D eigenvalue weighted by Crippen LogP contribution is -2.11. The van der Waals surface area contributed by atoms with Crippen molar-refractivity contribution in [3.63, 3.8) is 0 Å². The first kappa shape index (κ1) is 23.1. The highest BCUT2D eigenvalue weighted by Gasteiger charge is 2.40. The summed E-state index contributed by atoms with van der Waals surface area (Å²) in [6, 6.07) is 9.28. The molecule has 2 N–H and O–H groups in total. The molecule has 172 valence electrons. The Balaban J connectivity index is 0.000000297. The quantitative estimate of drug-likeness (QED) is 0.198. The second kappa shape index (κ2) is 10.3. The molecule has 0 radical (unpaired) electrons. The van der Waals surface area contributed by atoms with Gasteiger partial charge in [0, 0.05) is 23.1 Å². The summed E-state index contributed by atoms with van der Waals surface area (Å²) in [5, 5.41) is 2.51. The van der Waals surface area contributed by atoms with E-state index in [9.17, 15) is 9.59 Å². The molecule has 3 aromatic rings. The summed E-state index contributed by atoms with van der Waals surface area (Å²) in [5.41, 5.74) is 5.78. The fourth-order valence-electron chi connectivity index (χ4n) is 4.22. The average molecular weight is 453 g/mol. The van der Waals surface area contributed by atoms with Crippen molar-refractivity contribution < 1.29 is 9.59 Å². The number of carbonyl (C=O) groups excluding carboxylic acids is 2. The van der Waals surface area contributed by atoms with Gasteiger partial charge in [-0.1, -0.05) is 72.4 Å². The summed E-state index contributed by atoms with van der Waals surface area (Å²) >= 11 is 0. The lowest BCUT2D eigenvalue weighted by atomic mass is 9.92. The maximum absolute atomic E-state index is 12.7. The van der Waals surface area contributed by atoms with E-state index in [2.05, 4.69) is 46.8 Å². The molecule has 2 bridgehead atoms. The van der Waals surface area contributed by atoms with E-state index in [-0.39, 0.29) is 11.7 Å². The molecule has 0 aliphatic heterocycles. The molecule has 3 aliphatic carbocycles. The van der Waals surface area contributed by atoms with Crippen LogP contribution < -0.4 is 5.32 Å². The Morgan fingerprint density at radius 2 is 1.97 bits per heavy atom. The van der Waals surface area contributed by atoms with Crippen LogP contribution in [0.4, 0.5) is 5.82 Å². The Bertz CT molecular complexity index is 1310. The van der Waals surface area contributed by atoms with E-state index in [1.807, 2.05) is 42.5 Å². The average Bonchev–Trinajstić information content (AvgIpc) is 3.53. The molecule has 1 saturated carbocycles. The van der Waals surface area contributed by atoms with Gasteiger partial charge in [0.25, 0.3) is 0 Å². The van der Waals surface area contributed by atoms with Crippen molar-refractivity contribution in [3.05, 3.63) is 90.2 Å². The maximum atomic E-state index is 12.7. The molecule has 1 amide bonds. The van der Waals surface area contributed by atoms with E-state index in [0.717, 1.165) is 35.0 Å². The maximum Gasteiger partial charge on any atom is 0.212 e. The number of amides is 1. The second-order valence-electron chi connectivity index (χ2n) is 8.73. The molecular weight excluding hydrogens is 424 g/mol. The van der Waals surface area contributed by atoms with Crippen LogP contribution >= 0.6 is 0 Å². The van der Waals surface area contributed by atoms with Gasteiger partial charge in [-0.3, -0.25) is 9.59 Å². The summed E-state index contributed by atoms with van der Waals surface area (Å²) in [6.45, 7) is 7.67. The first-order chi connectivity index (χ1) is 16.5. The summed E-state index contributed by atoms with van der Waals surface area (Å²) in [7, 11) is 0. The largest absolute Gasteiger partial charge is 0.337 e. The molecule has 6 nitrogen and oxygen atoms in total. The molecule has 6 rings (SSSR count). The number of hydrogen-bond donors (Lipinski definition) is 2. The van der Waals surface area contributed by atoms with Crippen molar-refractivity contribution in [3.8, 4) is 11.4 Å². The van der Waals surface area contributed by atoms with Gasteiger partial charge < -0.3 is 10.3 Å². The van der Waals surface area contributed by atoms with Gasteiger partial charge in [0.05, 0.1) is 17.2 Å². The van der Waals surface area contributed by atoms with Gasteiger partial charge in [-0.25, -0.2) is 9.97 Å². The Hall–Kier alpha value is -4.06. The van der Waals surface area contributed by atoms with Gasteiger partial charge in [-0.05, 0) is 32.6 Å². The Morgan fingerprint density at radius 3 is 2.59 bits per heavy atom. The van der Waals surface area contributed by atoms with E-state index < -0.39 is 0 Å². The number of nitrogens with zero attached hydrogens (tertiary/aromatic N) is 2. The van der Waals surface area contributed by atoms with Gasteiger partial charge in [0.15, 0.2) is 5.78 Å². The minimum Gasteiger partial charge on any atom is -0.337 e. The molecule has 3 aliphatic rings. The van der Waals surface area contributed by atoms with Gasteiger partial charge in [0.1, 0.15) is 11.6 Å². The lowest BCUT2D eigenvalue weighted by Gasteiger charge is -2.12. The van der Waals surface area contributed by atoms with Crippen LogP contribution in [0.5, 0.6) is 0 Å². The first-order valence-electron chi connectivity index (χ1n) is 11.3. The number of aromatic nitrogens is 3.